The van der Waals surface area contributed by atoms with Crippen LogP contribution < -0.4 is 5.32 Å². The van der Waals surface area contributed by atoms with Gasteiger partial charge in [-0.25, -0.2) is 0 Å². The number of halogens is 2. The lowest BCUT2D eigenvalue weighted by Gasteiger charge is -2.39. The van der Waals surface area contributed by atoms with E-state index in [-0.39, 0.29) is 30.0 Å². The zero-order valence-corrected chi connectivity index (χ0v) is 20.7. The Labute approximate surface area is 191 Å². The summed E-state index contributed by atoms with van der Waals surface area (Å²) >= 11 is 5.23. The van der Waals surface area contributed by atoms with Crippen LogP contribution in [-0.2, 0) is 11.3 Å². The molecule has 2 aliphatic heterocycles. The fourth-order valence-electron chi connectivity index (χ4n) is 3.62. The van der Waals surface area contributed by atoms with Crippen molar-refractivity contribution in [2.45, 2.75) is 32.4 Å². The molecule has 1 amide bonds. The number of rotatable bonds is 4. The highest BCUT2D eigenvalue weighted by atomic mass is 127. The predicted octanol–water partition coefficient (Wildman–Crippen LogP) is 2.83. The Morgan fingerprint density at radius 3 is 2.44 bits per heavy atom. The van der Waals surface area contributed by atoms with Crippen molar-refractivity contribution < 1.29 is 4.79 Å². The molecule has 27 heavy (non-hydrogen) atoms. The topological polar surface area (TPSA) is 51.2 Å². The maximum Gasteiger partial charge on any atom is 0.239 e. The van der Waals surface area contributed by atoms with Crippen LogP contribution in [0.1, 0.15) is 24.6 Å². The van der Waals surface area contributed by atoms with Gasteiger partial charge >= 0.3 is 0 Å². The quantitative estimate of drug-likeness (QED) is 0.344. The molecule has 1 unspecified atom stereocenters. The molecule has 1 aromatic rings. The zero-order chi connectivity index (χ0) is 18.5. The van der Waals surface area contributed by atoms with Crippen LogP contribution in [-0.4, -0.2) is 78.9 Å². The summed E-state index contributed by atoms with van der Waals surface area (Å²) in [4.78, 5) is 24.9. The summed E-state index contributed by atoms with van der Waals surface area (Å²) in [5.74, 6) is 1.23. The first kappa shape index (κ1) is 22.9. The van der Waals surface area contributed by atoms with Gasteiger partial charge in [-0.2, -0.15) is 0 Å². The van der Waals surface area contributed by atoms with Gasteiger partial charge in [0.1, 0.15) is 0 Å². The van der Waals surface area contributed by atoms with E-state index >= 15 is 0 Å². The molecule has 0 aromatic carbocycles. The molecule has 0 spiro atoms. The van der Waals surface area contributed by atoms with E-state index in [0.29, 0.717) is 5.91 Å². The molecule has 152 valence electrons. The minimum atomic E-state index is -0.0197. The Bertz CT molecular complexity index is 641. The Morgan fingerprint density at radius 1 is 1.22 bits per heavy atom. The molecule has 3 rings (SSSR count). The van der Waals surface area contributed by atoms with Gasteiger partial charge < -0.3 is 15.1 Å². The number of nitrogens with zero attached hydrogens (tertiary/aromatic N) is 4. The first-order valence-electron chi connectivity index (χ1n) is 9.30. The number of amides is 1. The highest BCUT2D eigenvalue weighted by Gasteiger charge is 2.30. The van der Waals surface area contributed by atoms with Crippen LogP contribution in [0.4, 0.5) is 0 Å². The minimum absolute atomic E-state index is 0. The molecule has 9 heteroatoms. The van der Waals surface area contributed by atoms with Crippen molar-refractivity contribution in [3.63, 3.8) is 0 Å². The third-order valence-electron chi connectivity index (χ3n) is 5.19. The number of likely N-dealkylation sites (tertiary alicyclic amines) is 1. The Kier molecular flexibility index (Phi) is 9.30. The van der Waals surface area contributed by atoms with Crippen LogP contribution in [0.3, 0.4) is 0 Å². The number of thiophene rings is 1. The van der Waals surface area contributed by atoms with E-state index in [2.05, 4.69) is 54.4 Å². The van der Waals surface area contributed by atoms with Crippen molar-refractivity contribution >= 4 is 63.1 Å². The van der Waals surface area contributed by atoms with Gasteiger partial charge in [-0.3, -0.25) is 14.7 Å². The number of guanidine groups is 1. The number of nitrogens with one attached hydrogen (secondary N) is 1. The maximum atomic E-state index is 12.6. The zero-order valence-electron chi connectivity index (χ0n) is 16.0. The minimum Gasteiger partial charge on any atom is -0.351 e. The lowest BCUT2D eigenvalue weighted by molar-refractivity contribution is -0.135. The molecule has 2 saturated heterocycles. The second kappa shape index (κ2) is 11.0. The first-order valence-corrected chi connectivity index (χ1v) is 11.0. The Balaban J connectivity index is 0.00000261. The van der Waals surface area contributed by atoms with Crippen LogP contribution >= 0.6 is 51.2 Å². The van der Waals surface area contributed by atoms with Gasteiger partial charge in [0.15, 0.2) is 5.96 Å². The lowest BCUT2D eigenvalue weighted by atomic mass is 10.2. The lowest BCUT2D eigenvalue weighted by Crippen LogP contribution is -2.57. The monoisotopic (exact) mass is 569 g/mol. The number of piperazine rings is 1. The summed E-state index contributed by atoms with van der Waals surface area (Å²) < 4.78 is 1.12. The molecule has 6 nitrogen and oxygen atoms in total. The van der Waals surface area contributed by atoms with Crippen molar-refractivity contribution in [3.8, 4) is 0 Å². The predicted molar refractivity (Wildman–Crippen MR) is 126 cm³/mol. The van der Waals surface area contributed by atoms with Crippen molar-refractivity contribution in [2.75, 3.05) is 46.3 Å². The molecular formula is C18H29BrIN5OS. The highest BCUT2D eigenvalue weighted by molar-refractivity contribution is 14.0. The SMILES string of the molecule is CN=C(NCc1cc(Br)cs1)N1CCN(C(C)C(=O)N2CCCC2)CC1.I. The van der Waals surface area contributed by atoms with Crippen LogP contribution in [0.15, 0.2) is 20.9 Å². The molecule has 1 N–H and O–H groups in total. The van der Waals surface area contributed by atoms with E-state index in [9.17, 15) is 4.79 Å². The van der Waals surface area contributed by atoms with Gasteiger partial charge in [0, 0.05) is 61.0 Å². The van der Waals surface area contributed by atoms with E-state index in [0.717, 1.165) is 69.1 Å². The second-order valence-electron chi connectivity index (χ2n) is 6.86. The molecule has 2 fully saturated rings. The van der Waals surface area contributed by atoms with E-state index in [1.165, 1.54) is 4.88 Å². The average molecular weight is 570 g/mol. The van der Waals surface area contributed by atoms with E-state index in [4.69, 9.17) is 0 Å². The summed E-state index contributed by atoms with van der Waals surface area (Å²) in [7, 11) is 1.83. The molecular weight excluding hydrogens is 541 g/mol. The molecule has 3 heterocycles. The van der Waals surface area contributed by atoms with Crippen LogP contribution in [0.5, 0.6) is 0 Å². The van der Waals surface area contributed by atoms with Gasteiger partial charge in [0.2, 0.25) is 5.91 Å². The first-order chi connectivity index (χ1) is 12.6. The Hall–Kier alpha value is -0.390. The van der Waals surface area contributed by atoms with Crippen LogP contribution in [0.25, 0.3) is 0 Å². The second-order valence-corrected chi connectivity index (χ2v) is 8.77. The highest BCUT2D eigenvalue weighted by Crippen LogP contribution is 2.19. The van der Waals surface area contributed by atoms with Crippen LogP contribution in [0, 0.1) is 0 Å². The smallest absolute Gasteiger partial charge is 0.239 e. The fourth-order valence-corrected chi connectivity index (χ4v) is 5.01. The summed E-state index contributed by atoms with van der Waals surface area (Å²) in [6, 6.07) is 2.11. The van der Waals surface area contributed by atoms with E-state index < -0.39 is 0 Å². The third-order valence-corrected chi connectivity index (χ3v) is 6.89. The third kappa shape index (κ3) is 6.04. The number of hydrogen-bond donors (Lipinski definition) is 1. The standard InChI is InChI=1S/C18H28BrN5OS.HI/c1-14(17(25)23-5-3-4-6-23)22-7-9-24(10-8-22)18(20-2)21-12-16-11-15(19)13-26-16;/h11,13-14H,3-10,12H2,1-2H3,(H,20,21);1H. The van der Waals surface area contributed by atoms with E-state index in [1.54, 1.807) is 11.3 Å². The number of aliphatic imine (C=N–C) groups is 1. The summed E-state index contributed by atoms with van der Waals surface area (Å²) in [6.45, 7) is 8.27. The maximum absolute atomic E-state index is 12.6. The molecule has 1 atom stereocenters. The van der Waals surface area contributed by atoms with Crippen LogP contribution in [0.2, 0.25) is 0 Å². The fraction of sp³-hybridized carbons (Fsp3) is 0.667. The Morgan fingerprint density at radius 2 is 1.89 bits per heavy atom. The van der Waals surface area contributed by atoms with Crippen molar-refractivity contribution in [1.82, 2.24) is 20.0 Å². The molecule has 0 aliphatic carbocycles. The summed E-state index contributed by atoms with van der Waals surface area (Å²) in [5.41, 5.74) is 0. The average Bonchev–Trinajstić information content (AvgIpc) is 3.33. The van der Waals surface area contributed by atoms with Gasteiger partial charge in [0.05, 0.1) is 12.6 Å². The molecule has 0 saturated carbocycles. The summed E-state index contributed by atoms with van der Waals surface area (Å²) in [5, 5.41) is 5.55. The van der Waals surface area contributed by atoms with Gasteiger partial charge in [-0.05, 0) is 41.8 Å². The molecule has 0 bridgehead atoms. The van der Waals surface area contributed by atoms with Gasteiger partial charge in [0.25, 0.3) is 0 Å². The van der Waals surface area contributed by atoms with Crippen molar-refractivity contribution in [2.24, 2.45) is 4.99 Å². The van der Waals surface area contributed by atoms with Crippen molar-refractivity contribution in [1.29, 1.82) is 0 Å². The molecule has 1 aromatic heterocycles. The van der Waals surface area contributed by atoms with E-state index in [1.807, 2.05) is 11.9 Å². The van der Waals surface area contributed by atoms with Gasteiger partial charge in [-0.1, -0.05) is 0 Å². The largest absolute Gasteiger partial charge is 0.351 e. The number of hydrogen-bond acceptors (Lipinski definition) is 4. The molecule has 0 radical (unpaired) electrons. The number of carbonyl (C=O) groups excluding carboxylic acids is 1. The van der Waals surface area contributed by atoms with Gasteiger partial charge in [-0.15, -0.1) is 35.3 Å². The normalized spacial score (nSPS) is 19.7. The van der Waals surface area contributed by atoms with Crippen molar-refractivity contribution in [3.05, 3.63) is 20.8 Å². The molecule has 2 aliphatic rings. The summed E-state index contributed by atoms with van der Waals surface area (Å²) in [6.07, 6.45) is 2.30. The number of carbonyl (C=O) groups is 1.